The quantitative estimate of drug-likeness (QED) is 0.436. The Morgan fingerprint density at radius 3 is 2.29 bits per heavy atom. The number of hydrogen-bond acceptors (Lipinski definition) is 5. The molecular formula is C19H30O5. The lowest BCUT2D eigenvalue weighted by Gasteiger charge is -2.18. The second-order valence-corrected chi connectivity index (χ2v) is 6.26. The molecule has 0 aromatic heterocycles. The number of rotatable bonds is 12. The zero-order chi connectivity index (χ0) is 17.9. The summed E-state index contributed by atoms with van der Waals surface area (Å²) in [6, 6.07) is 0. The van der Waals surface area contributed by atoms with Gasteiger partial charge in [-0.2, -0.15) is 0 Å². The van der Waals surface area contributed by atoms with E-state index in [1.165, 1.54) is 45.3 Å². The van der Waals surface area contributed by atoms with Gasteiger partial charge in [-0.3, -0.25) is 9.59 Å². The summed E-state index contributed by atoms with van der Waals surface area (Å²) in [4.78, 5) is 23.9. The van der Waals surface area contributed by atoms with E-state index in [0.29, 0.717) is 12.0 Å². The smallest absolute Gasteiger partial charge is 0.227 e. The van der Waals surface area contributed by atoms with Crippen LogP contribution in [0.15, 0.2) is 23.2 Å². The van der Waals surface area contributed by atoms with Crippen molar-refractivity contribution in [2.75, 3.05) is 13.7 Å². The predicted octanol–water partition coefficient (Wildman–Crippen LogP) is 3.46. The van der Waals surface area contributed by atoms with Gasteiger partial charge in [0.1, 0.15) is 6.61 Å². The Kier molecular flexibility index (Phi) is 9.38. The van der Waals surface area contributed by atoms with Gasteiger partial charge in [-0.05, 0) is 19.4 Å². The topological polar surface area (TPSA) is 72.8 Å². The van der Waals surface area contributed by atoms with Crippen molar-refractivity contribution < 1.29 is 24.2 Å². The van der Waals surface area contributed by atoms with Crippen molar-refractivity contribution in [3.8, 4) is 0 Å². The highest BCUT2D eigenvalue weighted by Gasteiger charge is 2.29. The summed E-state index contributed by atoms with van der Waals surface area (Å²) >= 11 is 0. The van der Waals surface area contributed by atoms with Crippen LogP contribution in [0.5, 0.6) is 0 Å². The Balaban J connectivity index is 2.33. The Morgan fingerprint density at radius 2 is 1.67 bits per heavy atom. The summed E-state index contributed by atoms with van der Waals surface area (Å²) in [5.41, 5.74) is 0.317. The first kappa shape index (κ1) is 20.4. The third-order valence-corrected chi connectivity index (χ3v) is 4.11. The third-order valence-electron chi connectivity index (χ3n) is 4.11. The average Bonchev–Trinajstić information content (AvgIpc) is 2.55. The minimum Gasteiger partial charge on any atom is -0.490 e. The van der Waals surface area contributed by atoms with Crippen LogP contribution in [0, 0.1) is 0 Å². The maximum atomic E-state index is 12.1. The van der Waals surface area contributed by atoms with Crippen molar-refractivity contribution in [3.63, 3.8) is 0 Å². The van der Waals surface area contributed by atoms with E-state index in [1.807, 2.05) is 0 Å². The molecule has 0 amide bonds. The lowest BCUT2D eigenvalue weighted by Crippen LogP contribution is -2.24. The van der Waals surface area contributed by atoms with Gasteiger partial charge in [0, 0.05) is 5.57 Å². The number of carbonyl (C=O) groups is 2. The average molecular weight is 338 g/mol. The zero-order valence-electron chi connectivity index (χ0n) is 15.1. The minimum atomic E-state index is -0.652. The Bertz CT molecular complexity index is 490. The van der Waals surface area contributed by atoms with Crippen LogP contribution in [-0.2, 0) is 19.1 Å². The number of carbonyl (C=O) groups excluding carboxylic acids is 2. The molecule has 0 aromatic rings. The number of ether oxygens (including phenoxy) is 2. The van der Waals surface area contributed by atoms with Crippen LogP contribution in [-0.4, -0.2) is 36.5 Å². The van der Waals surface area contributed by atoms with Gasteiger partial charge in [0.25, 0.3) is 0 Å². The summed E-state index contributed by atoms with van der Waals surface area (Å²) < 4.78 is 10.4. The van der Waals surface area contributed by atoms with Crippen molar-refractivity contribution in [1.82, 2.24) is 0 Å². The van der Waals surface area contributed by atoms with Gasteiger partial charge in [-0.25, -0.2) is 0 Å². The highest BCUT2D eigenvalue weighted by Crippen LogP contribution is 2.21. The molecule has 0 saturated heterocycles. The van der Waals surface area contributed by atoms with Crippen molar-refractivity contribution in [1.29, 1.82) is 0 Å². The third kappa shape index (κ3) is 6.48. The Hall–Kier alpha value is -1.62. The van der Waals surface area contributed by atoms with Crippen LogP contribution in [0.25, 0.3) is 0 Å². The highest BCUT2D eigenvalue weighted by atomic mass is 16.5. The molecule has 0 aliphatic heterocycles. The lowest BCUT2D eigenvalue weighted by molar-refractivity contribution is -0.121. The molecule has 24 heavy (non-hydrogen) atoms. The molecule has 1 aliphatic rings. The first-order valence-electron chi connectivity index (χ1n) is 8.87. The van der Waals surface area contributed by atoms with Gasteiger partial charge in [-0.1, -0.05) is 51.9 Å². The van der Waals surface area contributed by atoms with E-state index in [0.717, 1.165) is 12.8 Å². The van der Waals surface area contributed by atoms with Crippen LogP contribution in [0.3, 0.4) is 0 Å². The van der Waals surface area contributed by atoms with Crippen LogP contribution in [0.4, 0.5) is 0 Å². The van der Waals surface area contributed by atoms with Gasteiger partial charge < -0.3 is 14.6 Å². The van der Waals surface area contributed by atoms with Gasteiger partial charge in [0.05, 0.1) is 13.2 Å². The van der Waals surface area contributed by atoms with E-state index < -0.39 is 6.10 Å². The Morgan fingerprint density at radius 1 is 1.04 bits per heavy atom. The van der Waals surface area contributed by atoms with Crippen LogP contribution in [0.2, 0.25) is 0 Å². The summed E-state index contributed by atoms with van der Waals surface area (Å²) in [6.07, 6.45) is 9.46. The van der Waals surface area contributed by atoms with E-state index in [4.69, 9.17) is 9.47 Å². The van der Waals surface area contributed by atoms with Gasteiger partial charge >= 0.3 is 0 Å². The first-order chi connectivity index (χ1) is 11.5. The molecule has 0 bridgehead atoms. The molecule has 0 heterocycles. The molecule has 1 N–H and O–H groups in total. The number of aliphatic hydroxyl groups is 1. The molecule has 136 valence electrons. The summed E-state index contributed by atoms with van der Waals surface area (Å²) in [5.74, 6) is -0.935. The van der Waals surface area contributed by atoms with Gasteiger partial charge in [0.15, 0.2) is 0 Å². The molecule has 0 saturated carbocycles. The fraction of sp³-hybridized carbons (Fsp3) is 0.684. The van der Waals surface area contributed by atoms with E-state index in [2.05, 4.69) is 6.92 Å². The normalized spacial score (nSPS) is 16.2. The van der Waals surface area contributed by atoms with E-state index in [-0.39, 0.29) is 29.7 Å². The molecule has 1 unspecified atom stereocenters. The summed E-state index contributed by atoms with van der Waals surface area (Å²) in [6.45, 7) is 3.75. The monoisotopic (exact) mass is 338 g/mol. The highest BCUT2D eigenvalue weighted by molar-refractivity contribution is 6.20. The first-order valence-corrected chi connectivity index (χ1v) is 8.87. The van der Waals surface area contributed by atoms with Crippen LogP contribution >= 0.6 is 0 Å². The minimum absolute atomic E-state index is 0.00960. The molecule has 0 fully saturated rings. The maximum absolute atomic E-state index is 12.1. The van der Waals surface area contributed by atoms with Gasteiger partial charge in [0.2, 0.25) is 23.1 Å². The molecular weight excluding hydrogens is 308 g/mol. The summed E-state index contributed by atoms with van der Waals surface area (Å²) in [7, 11) is 1.33. The van der Waals surface area contributed by atoms with Crippen molar-refractivity contribution >= 4 is 11.6 Å². The predicted molar refractivity (Wildman–Crippen MR) is 92.4 cm³/mol. The van der Waals surface area contributed by atoms with Crippen LogP contribution in [0.1, 0.15) is 65.2 Å². The number of Topliss-reactive ketones (excluding diaryl/α,β-unsaturated/α-hetero) is 1. The molecule has 0 spiro atoms. The second-order valence-electron chi connectivity index (χ2n) is 6.26. The number of unbranched alkanes of at least 4 members (excludes halogenated alkanes) is 6. The van der Waals surface area contributed by atoms with Crippen LogP contribution < -0.4 is 0 Å². The summed E-state index contributed by atoms with van der Waals surface area (Å²) in [5, 5.41) is 10.00. The molecule has 1 atom stereocenters. The number of methoxy groups -OCH3 is 1. The molecule has 1 aliphatic carbocycles. The fourth-order valence-electron chi connectivity index (χ4n) is 2.65. The van der Waals surface area contributed by atoms with Gasteiger partial charge in [-0.15, -0.1) is 0 Å². The van der Waals surface area contributed by atoms with Crippen molar-refractivity contribution in [2.45, 2.75) is 71.3 Å². The second kappa shape index (κ2) is 11.0. The fourth-order valence-corrected chi connectivity index (χ4v) is 2.65. The molecule has 0 radical (unpaired) electrons. The zero-order valence-corrected chi connectivity index (χ0v) is 15.1. The molecule has 5 nitrogen and oxygen atoms in total. The standard InChI is InChI=1S/C19H30O5/c1-4-5-6-7-8-9-10-11-15(20)13-24-19-17(22)14(2)12-16(21)18(19)23-3/h12,15,20H,4-11,13H2,1-3H3. The molecule has 0 aromatic carbocycles. The van der Waals surface area contributed by atoms with E-state index in [9.17, 15) is 14.7 Å². The number of allylic oxidation sites excluding steroid dienone is 2. The number of aliphatic hydroxyl groups excluding tert-OH is 1. The largest absolute Gasteiger partial charge is 0.490 e. The molecule has 1 rings (SSSR count). The maximum Gasteiger partial charge on any atom is 0.227 e. The van der Waals surface area contributed by atoms with E-state index in [1.54, 1.807) is 6.92 Å². The molecule has 5 heteroatoms. The lowest BCUT2D eigenvalue weighted by atomic mass is 10.0. The SMILES string of the molecule is CCCCCCCCCC(O)COC1=C(OC)C(=O)C=C(C)C1=O. The van der Waals surface area contributed by atoms with E-state index >= 15 is 0 Å². The van der Waals surface area contributed by atoms with Crippen molar-refractivity contribution in [3.05, 3.63) is 23.2 Å². The number of hydrogen-bond donors (Lipinski definition) is 1. The van der Waals surface area contributed by atoms with Crippen molar-refractivity contribution in [2.24, 2.45) is 0 Å². The Labute approximate surface area is 144 Å². The number of ketones is 2.